The number of rotatable bonds is 3. The summed E-state index contributed by atoms with van der Waals surface area (Å²) in [5, 5.41) is 2.67. The zero-order valence-corrected chi connectivity index (χ0v) is 11.0. The van der Waals surface area contributed by atoms with Crippen molar-refractivity contribution in [3.63, 3.8) is 0 Å². The maximum atomic E-state index is 12.1. The molecule has 0 aromatic rings. The Morgan fingerprint density at radius 2 is 1.76 bits per heavy atom. The number of piperidine rings is 1. The van der Waals surface area contributed by atoms with Crippen LogP contribution in [0.4, 0.5) is 4.79 Å². The lowest BCUT2D eigenvalue weighted by atomic mass is 9.96. The third-order valence-corrected chi connectivity index (χ3v) is 3.42. The number of amides is 3. The van der Waals surface area contributed by atoms with Gasteiger partial charge >= 0.3 is 6.03 Å². The van der Waals surface area contributed by atoms with E-state index in [9.17, 15) is 9.59 Å². The van der Waals surface area contributed by atoms with E-state index in [2.05, 4.69) is 5.32 Å². The molecule has 0 aliphatic carbocycles. The summed E-state index contributed by atoms with van der Waals surface area (Å²) in [5.74, 6) is 0.167. The first-order chi connectivity index (χ1) is 8.13. The van der Waals surface area contributed by atoms with Gasteiger partial charge in [0.05, 0.1) is 0 Å². The summed E-state index contributed by atoms with van der Waals surface area (Å²) in [6, 6.07) is 0.102. The molecule has 1 heterocycles. The number of hydrogen-bond acceptors (Lipinski definition) is 2. The van der Waals surface area contributed by atoms with Gasteiger partial charge in [-0.3, -0.25) is 4.79 Å². The van der Waals surface area contributed by atoms with Crippen molar-refractivity contribution < 1.29 is 9.59 Å². The van der Waals surface area contributed by atoms with Crippen LogP contribution >= 0.6 is 0 Å². The van der Waals surface area contributed by atoms with Crippen molar-refractivity contribution in [3.05, 3.63) is 0 Å². The number of hydrogen-bond donors (Lipinski definition) is 1. The number of likely N-dealkylation sites (tertiary alicyclic amines) is 1. The zero-order valence-electron chi connectivity index (χ0n) is 11.0. The Labute approximate surface area is 103 Å². The maximum absolute atomic E-state index is 12.1. The largest absolute Gasteiger partial charge is 0.359 e. The van der Waals surface area contributed by atoms with Gasteiger partial charge in [0.2, 0.25) is 5.91 Å². The van der Waals surface area contributed by atoms with E-state index in [1.807, 2.05) is 23.6 Å². The van der Waals surface area contributed by atoms with E-state index in [1.165, 1.54) is 0 Å². The summed E-state index contributed by atoms with van der Waals surface area (Å²) in [5.41, 5.74) is 0. The lowest BCUT2D eigenvalue weighted by Gasteiger charge is -2.34. The first kappa shape index (κ1) is 13.8. The molecule has 0 aromatic heterocycles. The predicted molar refractivity (Wildman–Crippen MR) is 66.7 cm³/mol. The summed E-state index contributed by atoms with van der Waals surface area (Å²) in [7, 11) is 1.66. The Balaban J connectivity index is 2.46. The quantitative estimate of drug-likeness (QED) is 0.798. The van der Waals surface area contributed by atoms with Gasteiger partial charge in [-0.05, 0) is 26.7 Å². The molecular formula is C12H23N3O2. The lowest BCUT2D eigenvalue weighted by Crippen LogP contribution is -2.48. The Morgan fingerprint density at radius 1 is 1.24 bits per heavy atom. The van der Waals surface area contributed by atoms with Gasteiger partial charge < -0.3 is 15.1 Å². The zero-order chi connectivity index (χ0) is 12.8. The van der Waals surface area contributed by atoms with Gasteiger partial charge in [0.15, 0.2) is 0 Å². The van der Waals surface area contributed by atoms with E-state index in [-0.39, 0.29) is 17.9 Å². The normalized spacial score (nSPS) is 16.8. The first-order valence-corrected chi connectivity index (χ1v) is 6.39. The van der Waals surface area contributed by atoms with E-state index >= 15 is 0 Å². The second-order valence-corrected chi connectivity index (χ2v) is 4.33. The number of nitrogens with zero attached hydrogens (tertiary/aromatic N) is 2. The second-order valence-electron chi connectivity index (χ2n) is 4.33. The van der Waals surface area contributed by atoms with Crippen molar-refractivity contribution in [1.29, 1.82) is 0 Å². The van der Waals surface area contributed by atoms with E-state index < -0.39 is 0 Å². The molecule has 1 rings (SSSR count). The maximum Gasteiger partial charge on any atom is 0.319 e. The summed E-state index contributed by atoms with van der Waals surface area (Å²) in [6.07, 6.45) is 1.54. The molecular weight excluding hydrogens is 218 g/mol. The molecule has 98 valence electrons. The SMILES string of the molecule is CCN(CC)C(=O)N1CCC(C(=O)NC)CC1. The highest BCUT2D eigenvalue weighted by Crippen LogP contribution is 2.18. The fourth-order valence-corrected chi connectivity index (χ4v) is 2.23. The standard InChI is InChI=1S/C12H23N3O2/c1-4-14(5-2)12(17)15-8-6-10(7-9-15)11(16)13-3/h10H,4-9H2,1-3H3,(H,13,16). The highest BCUT2D eigenvalue weighted by atomic mass is 16.2. The van der Waals surface area contributed by atoms with Gasteiger partial charge in [-0.2, -0.15) is 0 Å². The van der Waals surface area contributed by atoms with Crippen LogP contribution in [0.15, 0.2) is 0 Å². The summed E-state index contributed by atoms with van der Waals surface area (Å²) < 4.78 is 0. The van der Waals surface area contributed by atoms with Gasteiger partial charge in [-0.1, -0.05) is 0 Å². The minimum atomic E-state index is 0.0701. The Morgan fingerprint density at radius 3 is 2.18 bits per heavy atom. The molecule has 0 radical (unpaired) electrons. The second kappa shape index (κ2) is 6.47. The van der Waals surface area contributed by atoms with Crippen LogP contribution in [0.25, 0.3) is 0 Å². The Kier molecular flexibility index (Phi) is 5.25. The van der Waals surface area contributed by atoms with Crippen molar-refractivity contribution in [1.82, 2.24) is 15.1 Å². The molecule has 0 atom stereocenters. The Bertz CT molecular complexity index is 269. The minimum absolute atomic E-state index is 0.0701. The average Bonchev–Trinajstić information content (AvgIpc) is 2.39. The van der Waals surface area contributed by atoms with Crippen LogP contribution in [0.1, 0.15) is 26.7 Å². The van der Waals surface area contributed by atoms with E-state index in [0.29, 0.717) is 13.1 Å². The number of carbonyl (C=O) groups excluding carboxylic acids is 2. The van der Waals surface area contributed by atoms with Crippen molar-refractivity contribution in [2.75, 3.05) is 33.2 Å². The molecule has 5 heteroatoms. The van der Waals surface area contributed by atoms with Gasteiger partial charge in [0.1, 0.15) is 0 Å². The highest BCUT2D eigenvalue weighted by Gasteiger charge is 2.28. The van der Waals surface area contributed by atoms with Gasteiger partial charge in [-0.15, -0.1) is 0 Å². The number of carbonyl (C=O) groups is 2. The molecule has 0 unspecified atom stereocenters. The fraction of sp³-hybridized carbons (Fsp3) is 0.833. The lowest BCUT2D eigenvalue weighted by molar-refractivity contribution is -0.125. The van der Waals surface area contributed by atoms with Crippen molar-refractivity contribution in [2.45, 2.75) is 26.7 Å². The van der Waals surface area contributed by atoms with Crippen LogP contribution in [0.5, 0.6) is 0 Å². The molecule has 5 nitrogen and oxygen atoms in total. The predicted octanol–water partition coefficient (Wildman–Crippen LogP) is 0.906. The topological polar surface area (TPSA) is 52.7 Å². The molecule has 1 fully saturated rings. The van der Waals surface area contributed by atoms with Crippen LogP contribution in [0, 0.1) is 5.92 Å². The molecule has 0 saturated carbocycles. The smallest absolute Gasteiger partial charge is 0.319 e. The first-order valence-electron chi connectivity index (χ1n) is 6.39. The third-order valence-electron chi connectivity index (χ3n) is 3.42. The number of urea groups is 1. The van der Waals surface area contributed by atoms with Crippen LogP contribution < -0.4 is 5.32 Å². The minimum Gasteiger partial charge on any atom is -0.359 e. The Hall–Kier alpha value is -1.26. The molecule has 1 N–H and O–H groups in total. The van der Waals surface area contributed by atoms with Crippen LogP contribution in [-0.4, -0.2) is 55.0 Å². The molecule has 1 aliphatic rings. The van der Waals surface area contributed by atoms with Crippen LogP contribution in [-0.2, 0) is 4.79 Å². The van der Waals surface area contributed by atoms with Crippen LogP contribution in [0.2, 0.25) is 0 Å². The number of nitrogens with one attached hydrogen (secondary N) is 1. The van der Waals surface area contributed by atoms with Gasteiger partial charge in [0, 0.05) is 39.1 Å². The molecule has 17 heavy (non-hydrogen) atoms. The van der Waals surface area contributed by atoms with Gasteiger partial charge in [0.25, 0.3) is 0 Å². The van der Waals surface area contributed by atoms with E-state index in [4.69, 9.17) is 0 Å². The summed E-state index contributed by atoms with van der Waals surface area (Å²) >= 11 is 0. The monoisotopic (exact) mass is 241 g/mol. The summed E-state index contributed by atoms with van der Waals surface area (Å²) in [4.78, 5) is 27.2. The fourth-order valence-electron chi connectivity index (χ4n) is 2.23. The van der Waals surface area contributed by atoms with Gasteiger partial charge in [-0.25, -0.2) is 4.79 Å². The third kappa shape index (κ3) is 3.35. The average molecular weight is 241 g/mol. The highest BCUT2D eigenvalue weighted by molar-refractivity contribution is 5.79. The van der Waals surface area contributed by atoms with E-state index in [0.717, 1.165) is 25.9 Å². The van der Waals surface area contributed by atoms with E-state index in [1.54, 1.807) is 7.05 Å². The van der Waals surface area contributed by atoms with Crippen molar-refractivity contribution in [3.8, 4) is 0 Å². The van der Waals surface area contributed by atoms with Crippen molar-refractivity contribution >= 4 is 11.9 Å². The molecule has 1 saturated heterocycles. The van der Waals surface area contributed by atoms with Crippen LogP contribution in [0.3, 0.4) is 0 Å². The molecule has 3 amide bonds. The van der Waals surface area contributed by atoms with Crippen molar-refractivity contribution in [2.24, 2.45) is 5.92 Å². The molecule has 1 aliphatic heterocycles. The molecule has 0 spiro atoms. The molecule has 0 aromatic carbocycles. The summed E-state index contributed by atoms with van der Waals surface area (Å²) in [6.45, 7) is 6.83. The molecule has 0 bridgehead atoms.